The Balaban J connectivity index is 2.41. The molecule has 1 N–H and O–H groups in total. The number of ether oxygens (including phenoxy) is 2. The summed E-state index contributed by atoms with van der Waals surface area (Å²) >= 11 is 0. The van der Waals surface area contributed by atoms with Crippen molar-refractivity contribution in [2.45, 2.75) is 45.8 Å². The molecule has 0 saturated heterocycles. The highest BCUT2D eigenvalue weighted by atomic mass is 16.5. The minimum Gasteiger partial charge on any atom is -0.497 e. The van der Waals surface area contributed by atoms with E-state index >= 15 is 0 Å². The standard InChI is InChI=1S/C15H25NO2/c1-6-15(3,4)16-11-12(2)18-14-9-7-13(17-5)8-10-14/h7-10,12,16H,6,11H2,1-5H3. The molecule has 3 nitrogen and oxygen atoms in total. The van der Waals surface area contributed by atoms with Crippen LogP contribution in [0.15, 0.2) is 24.3 Å². The molecule has 0 aliphatic heterocycles. The largest absolute Gasteiger partial charge is 0.497 e. The first-order valence-electron chi connectivity index (χ1n) is 6.52. The zero-order valence-corrected chi connectivity index (χ0v) is 12.1. The molecule has 1 rings (SSSR count). The fourth-order valence-corrected chi connectivity index (χ4v) is 1.47. The maximum Gasteiger partial charge on any atom is 0.120 e. The number of nitrogens with one attached hydrogen (secondary N) is 1. The summed E-state index contributed by atoms with van der Waals surface area (Å²) in [7, 11) is 1.66. The van der Waals surface area contributed by atoms with Crippen molar-refractivity contribution >= 4 is 0 Å². The van der Waals surface area contributed by atoms with Crippen LogP contribution in [0.4, 0.5) is 0 Å². The Kier molecular flexibility index (Phi) is 5.48. The third kappa shape index (κ3) is 4.96. The van der Waals surface area contributed by atoms with Gasteiger partial charge in [0, 0.05) is 12.1 Å². The van der Waals surface area contributed by atoms with Gasteiger partial charge in [0.2, 0.25) is 0 Å². The van der Waals surface area contributed by atoms with E-state index in [0.717, 1.165) is 24.5 Å². The van der Waals surface area contributed by atoms with E-state index in [0.29, 0.717) is 0 Å². The maximum atomic E-state index is 5.84. The molecule has 0 fully saturated rings. The molecule has 1 aromatic carbocycles. The van der Waals surface area contributed by atoms with E-state index in [1.165, 1.54) is 0 Å². The summed E-state index contributed by atoms with van der Waals surface area (Å²) < 4.78 is 10.9. The van der Waals surface area contributed by atoms with Gasteiger partial charge in [-0.1, -0.05) is 6.92 Å². The SMILES string of the molecule is CCC(C)(C)NCC(C)Oc1ccc(OC)cc1. The highest BCUT2D eigenvalue weighted by Gasteiger charge is 2.15. The van der Waals surface area contributed by atoms with E-state index in [4.69, 9.17) is 9.47 Å². The predicted molar refractivity (Wildman–Crippen MR) is 75.5 cm³/mol. The number of rotatable bonds is 7. The van der Waals surface area contributed by atoms with E-state index in [-0.39, 0.29) is 11.6 Å². The lowest BCUT2D eigenvalue weighted by Gasteiger charge is -2.27. The van der Waals surface area contributed by atoms with Crippen LogP contribution in [0.5, 0.6) is 11.5 Å². The molecule has 0 aliphatic carbocycles. The van der Waals surface area contributed by atoms with E-state index in [9.17, 15) is 0 Å². The van der Waals surface area contributed by atoms with Crippen LogP contribution in [0, 0.1) is 0 Å². The second-order valence-electron chi connectivity index (χ2n) is 5.22. The lowest BCUT2D eigenvalue weighted by Crippen LogP contribution is -2.43. The van der Waals surface area contributed by atoms with Gasteiger partial charge < -0.3 is 14.8 Å². The topological polar surface area (TPSA) is 30.5 Å². The molecule has 0 radical (unpaired) electrons. The van der Waals surface area contributed by atoms with Crippen molar-refractivity contribution in [3.63, 3.8) is 0 Å². The predicted octanol–water partition coefficient (Wildman–Crippen LogP) is 3.24. The van der Waals surface area contributed by atoms with Gasteiger partial charge in [-0.05, 0) is 51.5 Å². The van der Waals surface area contributed by atoms with Gasteiger partial charge in [-0.3, -0.25) is 0 Å². The van der Waals surface area contributed by atoms with Gasteiger partial charge >= 0.3 is 0 Å². The van der Waals surface area contributed by atoms with Crippen LogP contribution in [-0.4, -0.2) is 25.3 Å². The molecule has 0 spiro atoms. The van der Waals surface area contributed by atoms with Crippen molar-refractivity contribution in [2.75, 3.05) is 13.7 Å². The van der Waals surface area contributed by atoms with Crippen molar-refractivity contribution in [3.8, 4) is 11.5 Å². The average Bonchev–Trinajstić information content (AvgIpc) is 2.37. The summed E-state index contributed by atoms with van der Waals surface area (Å²) in [6, 6.07) is 7.68. The van der Waals surface area contributed by atoms with E-state index in [1.807, 2.05) is 24.3 Å². The Hall–Kier alpha value is -1.22. The van der Waals surface area contributed by atoms with Gasteiger partial charge in [0.05, 0.1) is 7.11 Å². The fraction of sp³-hybridized carbons (Fsp3) is 0.600. The van der Waals surface area contributed by atoms with E-state index in [1.54, 1.807) is 7.11 Å². The summed E-state index contributed by atoms with van der Waals surface area (Å²) in [6.07, 6.45) is 1.24. The van der Waals surface area contributed by atoms with Crippen molar-refractivity contribution < 1.29 is 9.47 Å². The summed E-state index contributed by atoms with van der Waals surface area (Å²) in [5, 5.41) is 3.50. The normalized spacial score (nSPS) is 13.2. The number of hydrogen-bond donors (Lipinski definition) is 1. The summed E-state index contributed by atoms with van der Waals surface area (Å²) in [5.41, 5.74) is 0.164. The van der Waals surface area contributed by atoms with Gasteiger partial charge in [0.15, 0.2) is 0 Å². The minimum absolute atomic E-state index is 0.143. The second-order valence-corrected chi connectivity index (χ2v) is 5.22. The molecule has 3 heteroatoms. The molecule has 0 amide bonds. The van der Waals surface area contributed by atoms with Gasteiger partial charge in [-0.15, -0.1) is 0 Å². The molecule has 0 bridgehead atoms. The summed E-state index contributed by atoms with van der Waals surface area (Å²) in [4.78, 5) is 0. The number of hydrogen-bond acceptors (Lipinski definition) is 3. The molecular weight excluding hydrogens is 226 g/mol. The van der Waals surface area contributed by atoms with Crippen LogP contribution >= 0.6 is 0 Å². The summed E-state index contributed by atoms with van der Waals surface area (Å²) in [5.74, 6) is 1.72. The molecule has 0 aromatic heterocycles. The Bertz CT molecular complexity index is 346. The zero-order chi connectivity index (χ0) is 13.6. The molecule has 1 unspecified atom stereocenters. The zero-order valence-electron chi connectivity index (χ0n) is 12.1. The number of benzene rings is 1. The number of methoxy groups -OCH3 is 1. The first-order chi connectivity index (χ1) is 8.46. The molecule has 1 aromatic rings. The van der Waals surface area contributed by atoms with E-state index < -0.39 is 0 Å². The van der Waals surface area contributed by atoms with Crippen molar-refractivity contribution in [3.05, 3.63) is 24.3 Å². The van der Waals surface area contributed by atoms with Gasteiger partial charge in [0.1, 0.15) is 17.6 Å². The molecule has 18 heavy (non-hydrogen) atoms. The molecule has 102 valence electrons. The third-order valence-electron chi connectivity index (χ3n) is 3.15. The first-order valence-corrected chi connectivity index (χ1v) is 6.52. The highest BCUT2D eigenvalue weighted by molar-refractivity contribution is 5.31. The molecular formula is C15H25NO2. The van der Waals surface area contributed by atoms with Gasteiger partial charge in [-0.2, -0.15) is 0 Å². The van der Waals surface area contributed by atoms with Crippen LogP contribution in [0.25, 0.3) is 0 Å². The first kappa shape index (κ1) is 14.8. The molecule has 0 heterocycles. The molecule has 1 atom stereocenters. The van der Waals surface area contributed by atoms with Crippen LogP contribution in [0.3, 0.4) is 0 Å². The van der Waals surface area contributed by atoms with Crippen LogP contribution in [-0.2, 0) is 0 Å². The second kappa shape index (κ2) is 6.64. The lowest BCUT2D eigenvalue weighted by molar-refractivity contribution is 0.198. The fourth-order valence-electron chi connectivity index (χ4n) is 1.47. The van der Waals surface area contributed by atoms with Crippen molar-refractivity contribution in [1.29, 1.82) is 0 Å². The minimum atomic E-state index is 0.143. The van der Waals surface area contributed by atoms with E-state index in [2.05, 4.69) is 33.0 Å². The van der Waals surface area contributed by atoms with Crippen molar-refractivity contribution in [1.82, 2.24) is 5.32 Å². The van der Waals surface area contributed by atoms with Gasteiger partial charge in [-0.25, -0.2) is 0 Å². The van der Waals surface area contributed by atoms with Crippen LogP contribution < -0.4 is 14.8 Å². The Labute approximate surface area is 110 Å². The average molecular weight is 251 g/mol. The van der Waals surface area contributed by atoms with Gasteiger partial charge in [0.25, 0.3) is 0 Å². The highest BCUT2D eigenvalue weighted by Crippen LogP contribution is 2.18. The van der Waals surface area contributed by atoms with Crippen LogP contribution in [0.1, 0.15) is 34.1 Å². The quantitative estimate of drug-likeness (QED) is 0.807. The molecule has 0 aliphatic rings. The Morgan fingerprint density at radius 3 is 2.22 bits per heavy atom. The lowest BCUT2D eigenvalue weighted by atomic mass is 10.0. The maximum absolute atomic E-state index is 5.84. The molecule has 0 saturated carbocycles. The smallest absolute Gasteiger partial charge is 0.120 e. The van der Waals surface area contributed by atoms with Crippen molar-refractivity contribution in [2.24, 2.45) is 0 Å². The Morgan fingerprint density at radius 1 is 1.17 bits per heavy atom. The third-order valence-corrected chi connectivity index (χ3v) is 3.15. The van der Waals surface area contributed by atoms with Crippen LogP contribution in [0.2, 0.25) is 0 Å². The Morgan fingerprint density at radius 2 is 1.72 bits per heavy atom. The summed E-state index contributed by atoms with van der Waals surface area (Å²) in [6.45, 7) is 9.50. The monoisotopic (exact) mass is 251 g/mol.